The van der Waals surface area contributed by atoms with Crippen molar-refractivity contribution in [1.82, 2.24) is 15.5 Å². The van der Waals surface area contributed by atoms with Gasteiger partial charge in [0, 0.05) is 19.6 Å². The third-order valence-corrected chi connectivity index (χ3v) is 6.33. The largest absolute Gasteiger partial charge is 0.373 e. The molecule has 0 saturated carbocycles. The molecule has 0 aromatic heterocycles. The minimum atomic E-state index is 0. The smallest absolute Gasteiger partial charge is 0.191 e. The molecule has 0 aliphatic carbocycles. The topological polar surface area (TPSA) is 48.9 Å². The number of likely N-dealkylation sites (tertiary alicyclic amines) is 1. The molecule has 3 aliphatic heterocycles. The number of nitrogens with one attached hydrogen (secondary N) is 2. The van der Waals surface area contributed by atoms with E-state index in [4.69, 9.17) is 4.74 Å². The van der Waals surface area contributed by atoms with Crippen LogP contribution in [0.5, 0.6) is 0 Å². The van der Waals surface area contributed by atoms with E-state index in [1.54, 1.807) is 0 Å². The highest BCUT2D eigenvalue weighted by molar-refractivity contribution is 14.0. The summed E-state index contributed by atoms with van der Waals surface area (Å²) in [4.78, 5) is 7.16. The molecule has 4 atom stereocenters. The average Bonchev–Trinajstić information content (AvgIpc) is 3.35. The standard InChI is InChI=1S/C19H36N4O.HI/c1-4-14(5-2)17(23-10-6-7-11-23)13-21-19(20-3)22-16-12-15-8-9-18(16)24-15;/h14-18H,4-13H2,1-3H3,(H2,20,21,22);1H. The van der Waals surface area contributed by atoms with Crippen LogP contribution in [0.15, 0.2) is 4.99 Å². The summed E-state index contributed by atoms with van der Waals surface area (Å²) in [7, 11) is 1.88. The maximum atomic E-state index is 5.96. The number of hydrogen-bond acceptors (Lipinski definition) is 3. The Kier molecular flexibility index (Phi) is 8.75. The van der Waals surface area contributed by atoms with Crippen LogP contribution in [0.25, 0.3) is 0 Å². The quantitative estimate of drug-likeness (QED) is 0.346. The van der Waals surface area contributed by atoms with Gasteiger partial charge in [0.05, 0.1) is 18.2 Å². The molecule has 0 amide bonds. The van der Waals surface area contributed by atoms with E-state index in [1.165, 1.54) is 51.6 Å². The van der Waals surface area contributed by atoms with E-state index >= 15 is 0 Å². The fourth-order valence-corrected chi connectivity index (χ4v) is 4.86. The highest BCUT2D eigenvalue weighted by Crippen LogP contribution is 2.34. The number of halogens is 1. The van der Waals surface area contributed by atoms with Gasteiger partial charge in [-0.2, -0.15) is 0 Å². The van der Waals surface area contributed by atoms with E-state index in [9.17, 15) is 0 Å². The molecule has 3 heterocycles. The Morgan fingerprint density at radius 3 is 2.44 bits per heavy atom. The molecule has 2 bridgehead atoms. The molecule has 3 fully saturated rings. The Bertz CT molecular complexity index is 422. The Morgan fingerprint density at radius 1 is 1.20 bits per heavy atom. The van der Waals surface area contributed by atoms with Gasteiger partial charge >= 0.3 is 0 Å². The highest BCUT2D eigenvalue weighted by Gasteiger charge is 2.41. The lowest BCUT2D eigenvalue weighted by atomic mass is 9.93. The molecule has 4 unspecified atom stereocenters. The van der Waals surface area contributed by atoms with Crippen molar-refractivity contribution in [2.45, 2.75) is 83.1 Å². The number of rotatable bonds is 7. The SMILES string of the molecule is CCC(CC)C(CNC(=NC)NC1CC2CCC1O2)N1CCCC1.I. The number of hydrogen-bond donors (Lipinski definition) is 2. The minimum absolute atomic E-state index is 0. The van der Waals surface area contributed by atoms with Gasteiger partial charge in [-0.05, 0) is 51.1 Å². The molecule has 0 radical (unpaired) electrons. The van der Waals surface area contributed by atoms with Crippen LogP contribution in [0, 0.1) is 5.92 Å². The van der Waals surface area contributed by atoms with E-state index in [0.717, 1.165) is 24.8 Å². The molecule has 0 aromatic rings. The molecular weight excluding hydrogens is 427 g/mol. The highest BCUT2D eigenvalue weighted by atomic mass is 127. The summed E-state index contributed by atoms with van der Waals surface area (Å²) in [6, 6.07) is 1.06. The van der Waals surface area contributed by atoms with Crippen molar-refractivity contribution in [3.05, 3.63) is 0 Å². The van der Waals surface area contributed by atoms with Crippen LogP contribution in [0.1, 0.15) is 58.8 Å². The van der Waals surface area contributed by atoms with Crippen LogP contribution in [-0.2, 0) is 4.74 Å². The lowest BCUT2D eigenvalue weighted by Crippen LogP contribution is -2.52. The fraction of sp³-hybridized carbons (Fsp3) is 0.947. The Balaban J connectivity index is 0.00000225. The van der Waals surface area contributed by atoms with Crippen molar-refractivity contribution in [3.63, 3.8) is 0 Å². The monoisotopic (exact) mass is 464 g/mol. The first kappa shape index (κ1) is 21.2. The Hall–Kier alpha value is -0.0800. The van der Waals surface area contributed by atoms with Crippen molar-refractivity contribution >= 4 is 29.9 Å². The summed E-state index contributed by atoms with van der Waals surface area (Å²) in [6.07, 6.45) is 9.65. The molecule has 6 heteroatoms. The van der Waals surface area contributed by atoms with Crippen molar-refractivity contribution < 1.29 is 4.74 Å². The number of fused-ring (bicyclic) bond motifs is 2. The van der Waals surface area contributed by atoms with Gasteiger partial charge in [-0.25, -0.2) is 0 Å². The molecule has 3 aliphatic rings. The van der Waals surface area contributed by atoms with Crippen LogP contribution in [0.4, 0.5) is 0 Å². The van der Waals surface area contributed by atoms with Gasteiger partial charge < -0.3 is 15.4 Å². The van der Waals surface area contributed by atoms with E-state index in [2.05, 4.69) is 34.4 Å². The first-order chi connectivity index (χ1) is 11.7. The van der Waals surface area contributed by atoms with Crippen LogP contribution in [0.2, 0.25) is 0 Å². The van der Waals surface area contributed by atoms with Gasteiger partial charge in [0.15, 0.2) is 5.96 Å². The van der Waals surface area contributed by atoms with Gasteiger partial charge in [-0.15, -0.1) is 24.0 Å². The fourth-order valence-electron chi connectivity index (χ4n) is 4.86. The van der Waals surface area contributed by atoms with E-state index in [-0.39, 0.29) is 24.0 Å². The first-order valence-electron chi connectivity index (χ1n) is 10.1. The Labute approximate surface area is 170 Å². The number of aliphatic imine (C=N–C) groups is 1. The summed E-state index contributed by atoms with van der Waals surface area (Å²) < 4.78 is 5.96. The second kappa shape index (κ2) is 10.3. The molecule has 3 rings (SSSR count). The number of nitrogens with zero attached hydrogens (tertiary/aromatic N) is 2. The molecule has 5 nitrogen and oxygen atoms in total. The van der Waals surface area contributed by atoms with Gasteiger partial charge in [0.2, 0.25) is 0 Å². The van der Waals surface area contributed by atoms with E-state index < -0.39 is 0 Å². The zero-order valence-corrected chi connectivity index (χ0v) is 18.5. The van der Waals surface area contributed by atoms with Crippen molar-refractivity contribution in [1.29, 1.82) is 0 Å². The summed E-state index contributed by atoms with van der Waals surface area (Å²) >= 11 is 0. The zero-order valence-electron chi connectivity index (χ0n) is 16.2. The molecule has 2 N–H and O–H groups in total. The number of ether oxygens (including phenoxy) is 1. The van der Waals surface area contributed by atoms with Gasteiger partial charge in [-0.3, -0.25) is 9.89 Å². The predicted octanol–water partition coefficient (Wildman–Crippen LogP) is 2.99. The van der Waals surface area contributed by atoms with Crippen molar-refractivity contribution in [2.75, 3.05) is 26.7 Å². The maximum absolute atomic E-state index is 5.96. The third kappa shape index (κ3) is 5.22. The predicted molar refractivity (Wildman–Crippen MR) is 115 cm³/mol. The van der Waals surface area contributed by atoms with Crippen molar-refractivity contribution in [3.8, 4) is 0 Å². The third-order valence-electron chi connectivity index (χ3n) is 6.33. The molecular formula is C19H37IN4O. The normalized spacial score (nSPS) is 30.6. The zero-order chi connectivity index (χ0) is 16.9. The summed E-state index contributed by atoms with van der Waals surface area (Å²) in [6.45, 7) is 8.17. The van der Waals surface area contributed by atoms with Crippen LogP contribution < -0.4 is 10.6 Å². The maximum Gasteiger partial charge on any atom is 0.191 e. The lowest BCUT2D eigenvalue weighted by Gasteiger charge is -2.34. The number of guanidine groups is 1. The summed E-state index contributed by atoms with van der Waals surface area (Å²) in [5.74, 6) is 1.71. The van der Waals surface area contributed by atoms with Crippen LogP contribution in [0.3, 0.4) is 0 Å². The lowest BCUT2D eigenvalue weighted by molar-refractivity contribution is 0.0991. The van der Waals surface area contributed by atoms with Crippen LogP contribution >= 0.6 is 24.0 Å². The van der Waals surface area contributed by atoms with E-state index in [0.29, 0.717) is 24.3 Å². The summed E-state index contributed by atoms with van der Waals surface area (Å²) in [5.41, 5.74) is 0. The molecule has 146 valence electrons. The van der Waals surface area contributed by atoms with E-state index in [1.807, 2.05) is 7.05 Å². The average molecular weight is 464 g/mol. The minimum Gasteiger partial charge on any atom is -0.373 e. The van der Waals surface area contributed by atoms with Gasteiger partial charge in [0.25, 0.3) is 0 Å². The second-order valence-corrected chi connectivity index (χ2v) is 7.70. The molecule has 25 heavy (non-hydrogen) atoms. The second-order valence-electron chi connectivity index (χ2n) is 7.70. The molecule has 0 spiro atoms. The van der Waals surface area contributed by atoms with Crippen LogP contribution in [-0.4, -0.2) is 61.8 Å². The van der Waals surface area contributed by atoms with Gasteiger partial charge in [0.1, 0.15) is 0 Å². The van der Waals surface area contributed by atoms with Crippen molar-refractivity contribution in [2.24, 2.45) is 10.9 Å². The first-order valence-corrected chi connectivity index (χ1v) is 10.1. The Morgan fingerprint density at radius 2 is 1.92 bits per heavy atom. The molecule has 0 aromatic carbocycles. The molecule has 3 saturated heterocycles. The summed E-state index contributed by atoms with van der Waals surface area (Å²) in [5, 5.41) is 7.24. The van der Waals surface area contributed by atoms with Gasteiger partial charge in [-0.1, -0.05) is 26.7 Å².